The van der Waals surface area contributed by atoms with Crippen molar-refractivity contribution >= 4 is 34.2 Å². The van der Waals surface area contributed by atoms with Crippen molar-refractivity contribution in [1.29, 1.82) is 0 Å². The zero-order valence-electron chi connectivity index (χ0n) is 14.9. The predicted octanol–water partition coefficient (Wildman–Crippen LogP) is 4.69. The molecule has 0 saturated carbocycles. The molecular formula is C20H18N2O4S. The molecule has 0 atom stereocenters. The molecule has 7 heteroatoms. The lowest BCUT2D eigenvalue weighted by Crippen LogP contribution is -2.27. The molecule has 6 nitrogen and oxygen atoms in total. The lowest BCUT2D eigenvalue weighted by molar-refractivity contribution is -0.383. The Balaban J connectivity index is 2.03. The van der Waals surface area contributed by atoms with Crippen molar-refractivity contribution in [2.75, 3.05) is 0 Å². The van der Waals surface area contributed by atoms with Gasteiger partial charge in [0.1, 0.15) is 4.75 Å². The fourth-order valence-electron chi connectivity index (χ4n) is 2.83. The number of nitro groups is 1. The van der Waals surface area contributed by atoms with Crippen LogP contribution in [0.1, 0.15) is 25.0 Å². The highest BCUT2D eigenvalue weighted by atomic mass is 32.2. The minimum atomic E-state index is -0.979. The van der Waals surface area contributed by atoms with Crippen LogP contribution >= 0.6 is 11.8 Å². The molecule has 1 heterocycles. The number of benzene rings is 2. The normalized spacial score (nSPS) is 11.5. The predicted molar refractivity (Wildman–Crippen MR) is 105 cm³/mol. The highest BCUT2D eigenvalue weighted by molar-refractivity contribution is 8.01. The van der Waals surface area contributed by atoms with Gasteiger partial charge in [-0.25, -0.2) is 0 Å². The maximum atomic E-state index is 11.5. The minimum absolute atomic E-state index is 0.0714. The first-order chi connectivity index (χ1) is 12.8. The molecule has 27 heavy (non-hydrogen) atoms. The first-order valence-electron chi connectivity index (χ1n) is 8.30. The molecule has 3 aromatic rings. The SMILES string of the molecule is CC(C)(Sc1ccncc1Cc1ccc([N+](=O)[O-])c2ccccc12)C(=O)O. The molecule has 1 N–H and O–H groups in total. The number of pyridine rings is 1. The summed E-state index contributed by atoms with van der Waals surface area (Å²) in [4.78, 5) is 27.4. The van der Waals surface area contributed by atoms with Crippen LogP contribution in [0.5, 0.6) is 0 Å². The van der Waals surface area contributed by atoms with Gasteiger partial charge >= 0.3 is 5.97 Å². The quantitative estimate of drug-likeness (QED) is 0.378. The molecule has 3 rings (SSSR count). The Morgan fingerprint density at radius 3 is 2.52 bits per heavy atom. The van der Waals surface area contributed by atoms with Crippen LogP contribution in [-0.2, 0) is 11.2 Å². The first kappa shape index (κ1) is 18.8. The Labute approximate surface area is 160 Å². The van der Waals surface area contributed by atoms with E-state index >= 15 is 0 Å². The van der Waals surface area contributed by atoms with Crippen molar-refractivity contribution in [2.24, 2.45) is 0 Å². The van der Waals surface area contributed by atoms with Gasteiger partial charge in [0.15, 0.2) is 0 Å². The summed E-state index contributed by atoms with van der Waals surface area (Å²) in [6, 6.07) is 12.3. The molecule has 0 spiro atoms. The lowest BCUT2D eigenvalue weighted by Gasteiger charge is -2.20. The zero-order valence-corrected chi connectivity index (χ0v) is 15.7. The second-order valence-electron chi connectivity index (χ2n) is 6.62. The summed E-state index contributed by atoms with van der Waals surface area (Å²) in [6.07, 6.45) is 3.86. The number of rotatable bonds is 6. The summed E-state index contributed by atoms with van der Waals surface area (Å²) in [5.74, 6) is -0.893. The van der Waals surface area contributed by atoms with Gasteiger partial charge in [0.2, 0.25) is 0 Å². The molecule has 0 amide bonds. The molecule has 0 aliphatic rings. The molecule has 138 valence electrons. The highest BCUT2D eigenvalue weighted by Gasteiger charge is 2.29. The third kappa shape index (κ3) is 3.93. The Morgan fingerprint density at radius 2 is 1.85 bits per heavy atom. The van der Waals surface area contributed by atoms with Gasteiger partial charge in [0.25, 0.3) is 5.69 Å². The van der Waals surface area contributed by atoms with Crippen LogP contribution in [0, 0.1) is 10.1 Å². The molecular weight excluding hydrogens is 364 g/mol. The van der Waals surface area contributed by atoms with E-state index in [-0.39, 0.29) is 10.6 Å². The van der Waals surface area contributed by atoms with Crippen LogP contribution in [0.15, 0.2) is 59.8 Å². The standard InChI is InChI=1S/C20H18N2O4S/c1-20(2,19(23)24)27-18-9-10-21-12-14(18)11-13-7-8-17(22(25)26)16-6-4-3-5-15(13)16/h3-10,12H,11H2,1-2H3,(H,23,24). The van der Waals surface area contributed by atoms with Crippen molar-refractivity contribution in [2.45, 2.75) is 29.9 Å². The molecule has 0 unspecified atom stereocenters. The Kier molecular flexibility index (Phi) is 5.14. The third-order valence-electron chi connectivity index (χ3n) is 4.31. The number of nitrogens with zero attached hydrogens (tertiary/aromatic N) is 2. The highest BCUT2D eigenvalue weighted by Crippen LogP contribution is 2.36. The van der Waals surface area contributed by atoms with Gasteiger partial charge in [0, 0.05) is 29.8 Å². The van der Waals surface area contributed by atoms with Crippen LogP contribution in [0.25, 0.3) is 10.8 Å². The van der Waals surface area contributed by atoms with Gasteiger partial charge in [-0.3, -0.25) is 19.9 Å². The number of nitro benzene ring substituents is 1. The molecule has 0 saturated heterocycles. The monoisotopic (exact) mass is 382 g/mol. The van der Waals surface area contributed by atoms with E-state index < -0.39 is 10.7 Å². The summed E-state index contributed by atoms with van der Waals surface area (Å²) in [5.41, 5.74) is 1.89. The van der Waals surface area contributed by atoms with E-state index in [9.17, 15) is 20.0 Å². The molecule has 2 aromatic carbocycles. The summed E-state index contributed by atoms with van der Waals surface area (Å²) in [5, 5.41) is 22.1. The van der Waals surface area contributed by atoms with E-state index in [1.54, 1.807) is 50.5 Å². The van der Waals surface area contributed by atoms with Gasteiger partial charge in [-0.2, -0.15) is 0 Å². The number of aliphatic carboxylic acids is 1. The maximum Gasteiger partial charge on any atom is 0.319 e. The maximum absolute atomic E-state index is 11.5. The summed E-state index contributed by atoms with van der Waals surface area (Å²) in [7, 11) is 0. The van der Waals surface area contributed by atoms with Gasteiger partial charge in [0.05, 0.1) is 10.3 Å². The second-order valence-corrected chi connectivity index (χ2v) is 8.29. The van der Waals surface area contributed by atoms with Crippen molar-refractivity contribution in [3.8, 4) is 0 Å². The van der Waals surface area contributed by atoms with Crippen molar-refractivity contribution < 1.29 is 14.8 Å². The van der Waals surface area contributed by atoms with Gasteiger partial charge in [-0.1, -0.05) is 24.3 Å². The van der Waals surface area contributed by atoms with E-state index in [0.29, 0.717) is 11.8 Å². The number of thioether (sulfide) groups is 1. The van der Waals surface area contributed by atoms with E-state index in [1.807, 2.05) is 12.1 Å². The first-order valence-corrected chi connectivity index (χ1v) is 9.11. The largest absolute Gasteiger partial charge is 0.480 e. The van der Waals surface area contributed by atoms with Gasteiger partial charge in [-0.15, -0.1) is 11.8 Å². The topological polar surface area (TPSA) is 93.3 Å². The number of aromatic nitrogens is 1. The van der Waals surface area contributed by atoms with E-state index in [0.717, 1.165) is 21.4 Å². The smallest absolute Gasteiger partial charge is 0.319 e. The van der Waals surface area contributed by atoms with Crippen LogP contribution in [0.2, 0.25) is 0 Å². The van der Waals surface area contributed by atoms with E-state index in [1.165, 1.54) is 17.8 Å². The third-order valence-corrected chi connectivity index (χ3v) is 5.61. The number of fused-ring (bicyclic) bond motifs is 1. The number of carbonyl (C=O) groups is 1. The number of hydrogen-bond acceptors (Lipinski definition) is 5. The fourth-order valence-corrected chi connectivity index (χ4v) is 3.85. The summed E-state index contributed by atoms with van der Waals surface area (Å²) >= 11 is 1.27. The van der Waals surface area contributed by atoms with Crippen LogP contribution in [0.4, 0.5) is 5.69 Å². The second kappa shape index (κ2) is 7.36. The van der Waals surface area contributed by atoms with Gasteiger partial charge in [-0.05, 0) is 42.5 Å². The Hall–Kier alpha value is -2.93. The van der Waals surface area contributed by atoms with Crippen LogP contribution in [0.3, 0.4) is 0 Å². The lowest BCUT2D eigenvalue weighted by atomic mass is 9.98. The van der Waals surface area contributed by atoms with Crippen LogP contribution < -0.4 is 0 Å². The zero-order chi connectivity index (χ0) is 19.6. The molecule has 0 radical (unpaired) electrons. The van der Waals surface area contributed by atoms with E-state index in [2.05, 4.69) is 4.98 Å². The molecule has 1 aromatic heterocycles. The number of non-ortho nitro benzene ring substituents is 1. The number of hydrogen-bond donors (Lipinski definition) is 1. The molecule has 0 aliphatic heterocycles. The average molecular weight is 382 g/mol. The fraction of sp³-hybridized carbons (Fsp3) is 0.200. The van der Waals surface area contributed by atoms with Gasteiger partial charge < -0.3 is 5.11 Å². The molecule has 0 fully saturated rings. The number of carboxylic acid groups (broad SMARTS) is 1. The molecule has 0 aliphatic carbocycles. The molecule has 0 bridgehead atoms. The average Bonchev–Trinajstić information content (AvgIpc) is 2.63. The Morgan fingerprint density at radius 1 is 1.15 bits per heavy atom. The van der Waals surface area contributed by atoms with Crippen LogP contribution in [-0.4, -0.2) is 25.7 Å². The van der Waals surface area contributed by atoms with Crippen molar-refractivity contribution in [3.05, 3.63) is 76.1 Å². The van der Waals surface area contributed by atoms with E-state index in [4.69, 9.17) is 0 Å². The van der Waals surface area contributed by atoms with Crippen molar-refractivity contribution in [1.82, 2.24) is 4.98 Å². The summed E-state index contributed by atoms with van der Waals surface area (Å²) in [6.45, 7) is 3.32. The Bertz CT molecular complexity index is 1030. The number of carboxylic acids is 1. The van der Waals surface area contributed by atoms with Crippen molar-refractivity contribution in [3.63, 3.8) is 0 Å². The summed E-state index contributed by atoms with van der Waals surface area (Å²) < 4.78 is -0.979. The minimum Gasteiger partial charge on any atom is -0.480 e.